The van der Waals surface area contributed by atoms with Gasteiger partial charge in [-0.2, -0.15) is 0 Å². The minimum absolute atomic E-state index is 0.00349. The van der Waals surface area contributed by atoms with Gasteiger partial charge in [0, 0.05) is 12.1 Å². The summed E-state index contributed by atoms with van der Waals surface area (Å²) < 4.78 is 15.8. The zero-order valence-corrected chi connectivity index (χ0v) is 16.5. The maximum atomic E-state index is 12.0. The number of benzene rings is 2. The Kier molecular flexibility index (Phi) is 7.05. The van der Waals surface area contributed by atoms with Crippen molar-refractivity contribution in [2.24, 2.45) is 0 Å². The number of hydrogen-bond donors (Lipinski definition) is 7. The van der Waals surface area contributed by atoms with Gasteiger partial charge in [-0.15, -0.1) is 0 Å². The first kappa shape index (κ1) is 23.2. The van der Waals surface area contributed by atoms with Crippen molar-refractivity contribution in [3.63, 3.8) is 0 Å². The maximum Gasteiger partial charge on any atom is 0.330 e. The highest BCUT2D eigenvalue weighted by Crippen LogP contribution is 2.31. The normalized spacial score (nSPS) is 25.5. The van der Waals surface area contributed by atoms with Gasteiger partial charge in [-0.1, -0.05) is 6.07 Å². The van der Waals surface area contributed by atoms with Crippen molar-refractivity contribution < 1.29 is 54.8 Å². The van der Waals surface area contributed by atoms with E-state index >= 15 is 0 Å². The Morgan fingerprint density at radius 3 is 2.19 bits per heavy atom. The predicted molar refractivity (Wildman–Crippen MR) is 107 cm³/mol. The molecule has 1 aliphatic rings. The lowest BCUT2D eigenvalue weighted by atomic mass is 9.99. The van der Waals surface area contributed by atoms with Crippen LogP contribution in [0.4, 0.5) is 0 Å². The van der Waals surface area contributed by atoms with Crippen molar-refractivity contribution in [1.82, 2.24) is 0 Å². The molecule has 0 radical (unpaired) electrons. The van der Waals surface area contributed by atoms with E-state index in [1.807, 2.05) is 0 Å². The van der Waals surface area contributed by atoms with E-state index in [-0.39, 0.29) is 17.2 Å². The summed E-state index contributed by atoms with van der Waals surface area (Å²) in [4.78, 5) is 12.0. The van der Waals surface area contributed by atoms with E-state index in [1.54, 1.807) is 0 Å². The quantitative estimate of drug-likeness (QED) is 0.178. The molecule has 11 heteroatoms. The number of phenols is 4. The Morgan fingerprint density at radius 1 is 0.875 bits per heavy atom. The Labute approximate surface area is 181 Å². The average molecular weight is 450 g/mol. The molecular weight excluding hydrogens is 428 g/mol. The van der Waals surface area contributed by atoms with Crippen LogP contribution in [0.15, 0.2) is 42.5 Å². The van der Waals surface area contributed by atoms with Crippen molar-refractivity contribution in [2.75, 3.05) is 6.61 Å². The van der Waals surface area contributed by atoms with Crippen LogP contribution in [0.1, 0.15) is 5.56 Å². The van der Waals surface area contributed by atoms with Crippen LogP contribution in [-0.4, -0.2) is 79.0 Å². The molecule has 0 amide bonds. The van der Waals surface area contributed by atoms with Gasteiger partial charge >= 0.3 is 5.97 Å². The summed E-state index contributed by atoms with van der Waals surface area (Å²) in [5, 5.41) is 67.9. The van der Waals surface area contributed by atoms with Gasteiger partial charge in [-0.05, 0) is 35.9 Å². The Morgan fingerprint density at radius 2 is 1.53 bits per heavy atom. The van der Waals surface area contributed by atoms with Gasteiger partial charge in [0.05, 0.1) is 0 Å². The largest absolute Gasteiger partial charge is 0.504 e. The van der Waals surface area contributed by atoms with Crippen LogP contribution in [0.5, 0.6) is 28.7 Å². The zero-order valence-electron chi connectivity index (χ0n) is 16.5. The van der Waals surface area contributed by atoms with Gasteiger partial charge < -0.3 is 50.0 Å². The minimum atomic E-state index is -1.68. The molecule has 2 aromatic carbocycles. The second kappa shape index (κ2) is 9.75. The molecular formula is C21H22O11. The van der Waals surface area contributed by atoms with E-state index in [2.05, 4.69) is 0 Å². The van der Waals surface area contributed by atoms with Crippen molar-refractivity contribution >= 4 is 12.0 Å². The molecule has 2 aromatic rings. The van der Waals surface area contributed by atoms with Crippen LogP contribution in [0.2, 0.25) is 0 Å². The number of aromatic hydroxyl groups is 4. The van der Waals surface area contributed by atoms with Crippen molar-refractivity contribution in [2.45, 2.75) is 30.7 Å². The molecule has 0 aromatic heterocycles. The van der Waals surface area contributed by atoms with E-state index < -0.39 is 54.8 Å². The molecule has 0 spiro atoms. The van der Waals surface area contributed by atoms with Crippen molar-refractivity contribution in [1.29, 1.82) is 0 Å². The molecule has 0 saturated carbocycles. The van der Waals surface area contributed by atoms with Gasteiger partial charge in [-0.3, -0.25) is 0 Å². The molecule has 1 heterocycles. The standard InChI is InChI=1S/C21H22O11/c22-12-4-1-10(7-14(12)24)2-6-17(26)30-9-16-18(27)19(28)20(29)21(32-16)31-11-3-5-13(23)15(25)8-11/h1-8,16,18-25,27-29H,9H2/b6-2+/t16-,18-,19+,20-,21-/m1/s1. The van der Waals surface area contributed by atoms with E-state index in [1.165, 1.54) is 30.3 Å². The van der Waals surface area contributed by atoms with Crippen LogP contribution < -0.4 is 4.74 Å². The Bertz CT molecular complexity index is 990. The summed E-state index contributed by atoms with van der Waals surface area (Å²) in [6.07, 6.45) is -5.30. The van der Waals surface area contributed by atoms with Crippen LogP contribution in [-0.2, 0) is 14.3 Å². The van der Waals surface area contributed by atoms with Crippen LogP contribution in [0.3, 0.4) is 0 Å². The van der Waals surface area contributed by atoms with Gasteiger partial charge in [-0.25, -0.2) is 4.79 Å². The lowest BCUT2D eigenvalue weighted by molar-refractivity contribution is -0.278. The van der Waals surface area contributed by atoms with Crippen LogP contribution >= 0.6 is 0 Å². The maximum absolute atomic E-state index is 12.0. The minimum Gasteiger partial charge on any atom is -0.504 e. The molecule has 32 heavy (non-hydrogen) atoms. The Balaban J connectivity index is 1.60. The number of carbonyl (C=O) groups excluding carboxylic acids is 1. The highest BCUT2D eigenvalue weighted by molar-refractivity contribution is 5.87. The molecule has 3 rings (SSSR count). The molecule has 11 nitrogen and oxygen atoms in total. The van der Waals surface area contributed by atoms with Crippen LogP contribution in [0.25, 0.3) is 6.08 Å². The summed E-state index contributed by atoms with van der Waals surface area (Å²) in [7, 11) is 0. The van der Waals surface area contributed by atoms with Gasteiger partial charge in [0.25, 0.3) is 0 Å². The van der Waals surface area contributed by atoms with Gasteiger partial charge in [0.1, 0.15) is 36.8 Å². The summed E-state index contributed by atoms with van der Waals surface area (Å²) in [5.74, 6) is -2.36. The fraction of sp³-hybridized carbons (Fsp3) is 0.286. The zero-order chi connectivity index (χ0) is 23.4. The van der Waals surface area contributed by atoms with Crippen molar-refractivity contribution in [3.8, 4) is 28.7 Å². The first-order chi connectivity index (χ1) is 15.2. The smallest absolute Gasteiger partial charge is 0.330 e. The monoisotopic (exact) mass is 450 g/mol. The molecule has 5 atom stereocenters. The third-order valence-electron chi connectivity index (χ3n) is 4.67. The molecule has 1 aliphatic heterocycles. The summed E-state index contributed by atoms with van der Waals surface area (Å²) in [5.41, 5.74) is 0.412. The number of hydrogen-bond acceptors (Lipinski definition) is 11. The van der Waals surface area contributed by atoms with Gasteiger partial charge in [0.15, 0.2) is 23.0 Å². The lowest BCUT2D eigenvalue weighted by Gasteiger charge is -2.39. The van der Waals surface area contributed by atoms with E-state index in [9.17, 15) is 40.5 Å². The third kappa shape index (κ3) is 5.39. The van der Waals surface area contributed by atoms with Crippen LogP contribution in [0, 0.1) is 0 Å². The third-order valence-corrected chi connectivity index (χ3v) is 4.67. The van der Waals surface area contributed by atoms with E-state index in [4.69, 9.17) is 14.2 Å². The van der Waals surface area contributed by atoms with E-state index in [0.717, 1.165) is 18.2 Å². The van der Waals surface area contributed by atoms with Gasteiger partial charge in [0.2, 0.25) is 6.29 Å². The Hall–Kier alpha value is -3.51. The highest BCUT2D eigenvalue weighted by Gasteiger charge is 2.45. The number of aliphatic hydroxyl groups is 3. The number of rotatable bonds is 6. The molecule has 0 bridgehead atoms. The molecule has 0 aliphatic carbocycles. The first-order valence-corrected chi connectivity index (χ1v) is 9.41. The topological polar surface area (TPSA) is 186 Å². The van der Waals surface area contributed by atoms with E-state index in [0.29, 0.717) is 5.56 Å². The molecule has 1 fully saturated rings. The number of phenolic OH excluding ortho intramolecular Hbond substituents is 4. The number of aliphatic hydroxyl groups excluding tert-OH is 3. The lowest BCUT2D eigenvalue weighted by Crippen LogP contribution is -2.60. The second-order valence-electron chi connectivity index (χ2n) is 6.99. The molecule has 7 N–H and O–H groups in total. The fourth-order valence-electron chi connectivity index (χ4n) is 2.88. The number of esters is 1. The number of ether oxygens (including phenoxy) is 3. The summed E-state index contributed by atoms with van der Waals surface area (Å²) in [6, 6.07) is 7.41. The predicted octanol–water partition coefficient (Wildman–Crippen LogP) is -0.0480. The fourth-order valence-corrected chi connectivity index (χ4v) is 2.88. The summed E-state index contributed by atoms with van der Waals surface area (Å²) in [6.45, 7) is -0.490. The highest BCUT2D eigenvalue weighted by atomic mass is 16.7. The first-order valence-electron chi connectivity index (χ1n) is 9.41. The average Bonchev–Trinajstić information content (AvgIpc) is 2.76. The SMILES string of the molecule is O=C(/C=C/c1ccc(O)c(O)c1)OC[C@H]1O[C@@H](Oc2ccc(O)c(O)c2)[C@H](O)[C@@H](O)[C@@H]1O. The molecule has 172 valence electrons. The molecule has 1 saturated heterocycles. The summed E-state index contributed by atoms with van der Waals surface area (Å²) >= 11 is 0. The second-order valence-corrected chi connectivity index (χ2v) is 6.99. The van der Waals surface area contributed by atoms with Crippen molar-refractivity contribution in [3.05, 3.63) is 48.0 Å². The number of carbonyl (C=O) groups is 1. The molecule has 0 unspecified atom stereocenters.